The largest absolute Gasteiger partial charge is 0.398 e. The minimum Gasteiger partial charge on any atom is -0.398 e. The number of piperidine rings is 1. The van der Waals surface area contributed by atoms with Crippen molar-refractivity contribution < 1.29 is 19.7 Å². The van der Waals surface area contributed by atoms with Gasteiger partial charge in [0.25, 0.3) is 5.91 Å². The Kier molecular flexibility index (Phi) is 2.60. The molecule has 1 fully saturated rings. The lowest BCUT2D eigenvalue weighted by Crippen LogP contribution is -2.96. The Morgan fingerprint density at radius 1 is 1.26 bits per heavy atom. The average molecular weight is 260 g/mol. The van der Waals surface area contributed by atoms with Gasteiger partial charge in [-0.3, -0.25) is 4.79 Å². The average Bonchev–Trinajstić information content (AvgIpc) is 2.69. The molecular weight excluding hydrogens is 246 g/mol. The van der Waals surface area contributed by atoms with E-state index < -0.39 is 6.04 Å². The molecule has 1 unspecified atom stereocenters. The predicted molar refractivity (Wildman–Crippen MR) is 65.7 cm³/mol. The van der Waals surface area contributed by atoms with E-state index >= 15 is 0 Å². The molecule has 1 saturated heterocycles. The van der Waals surface area contributed by atoms with Gasteiger partial charge < -0.3 is 10.6 Å². The van der Waals surface area contributed by atoms with Gasteiger partial charge in [0.2, 0.25) is 0 Å². The van der Waals surface area contributed by atoms with E-state index in [2.05, 4.69) is 0 Å². The van der Waals surface area contributed by atoms with Crippen LogP contribution in [0.25, 0.3) is 0 Å². The number of anilines is 1. The number of imide groups is 1. The summed E-state index contributed by atoms with van der Waals surface area (Å²) in [6.07, 6.45) is 0.708. The number of nitrogen functional groups attached to an aromatic ring is 1. The van der Waals surface area contributed by atoms with Crippen LogP contribution in [0.15, 0.2) is 18.2 Å². The highest BCUT2D eigenvalue weighted by atomic mass is 16.2. The van der Waals surface area contributed by atoms with Gasteiger partial charge in [-0.05, 0) is 18.6 Å². The molecule has 0 radical (unpaired) electrons. The van der Waals surface area contributed by atoms with E-state index in [1.165, 1.54) is 4.90 Å². The molecule has 19 heavy (non-hydrogen) atoms. The van der Waals surface area contributed by atoms with Crippen LogP contribution in [-0.4, -0.2) is 28.7 Å². The standard InChI is InChI=1S/C13H13N3O3/c14-9-3-1-2-7-8(9)6-16(13(7)19)10-4-5-11(17)15-12(10)18/h1-3,10H,4-6,14H2,(H,15,17,18)/p+1. The van der Waals surface area contributed by atoms with Gasteiger partial charge in [0.1, 0.15) is 6.04 Å². The summed E-state index contributed by atoms with van der Waals surface area (Å²) in [4.78, 5) is 36.9. The fourth-order valence-electron chi connectivity index (χ4n) is 2.69. The van der Waals surface area contributed by atoms with Crippen molar-refractivity contribution in [1.82, 2.24) is 4.90 Å². The number of nitrogens with two attached hydrogens (primary N) is 2. The highest BCUT2D eigenvalue weighted by Crippen LogP contribution is 2.30. The highest BCUT2D eigenvalue weighted by Gasteiger charge is 2.42. The normalized spacial score (nSPS) is 22.8. The van der Waals surface area contributed by atoms with Crippen LogP contribution in [0.3, 0.4) is 0 Å². The van der Waals surface area contributed by atoms with Crippen molar-refractivity contribution in [1.29, 1.82) is 0 Å². The van der Waals surface area contributed by atoms with Crippen molar-refractivity contribution in [2.75, 3.05) is 5.73 Å². The molecule has 0 saturated carbocycles. The molecule has 3 amide bonds. The minimum atomic E-state index is -0.531. The van der Waals surface area contributed by atoms with Gasteiger partial charge in [-0.15, -0.1) is 0 Å². The van der Waals surface area contributed by atoms with E-state index in [-0.39, 0.29) is 17.7 Å². The molecule has 0 aliphatic carbocycles. The highest BCUT2D eigenvalue weighted by molar-refractivity contribution is 6.02. The summed E-state index contributed by atoms with van der Waals surface area (Å²) in [7, 11) is 0. The lowest BCUT2D eigenvalue weighted by Gasteiger charge is -2.26. The Hall–Kier alpha value is -2.21. The van der Waals surface area contributed by atoms with Crippen molar-refractivity contribution in [2.24, 2.45) is 0 Å². The van der Waals surface area contributed by atoms with Crippen LogP contribution < -0.4 is 11.1 Å². The Morgan fingerprint density at radius 3 is 2.74 bits per heavy atom. The van der Waals surface area contributed by atoms with Gasteiger partial charge in [0.05, 0.1) is 6.42 Å². The maximum Gasteiger partial charge on any atom is 0.340 e. The number of amides is 3. The molecule has 0 aromatic heterocycles. The molecule has 1 atom stereocenters. The Bertz CT molecular complexity index is 597. The molecule has 6 heteroatoms. The van der Waals surface area contributed by atoms with E-state index in [1.54, 1.807) is 18.2 Å². The van der Waals surface area contributed by atoms with Crippen LogP contribution >= 0.6 is 0 Å². The quantitative estimate of drug-likeness (QED) is 0.500. The fraction of sp³-hybridized carbons (Fsp3) is 0.308. The summed E-state index contributed by atoms with van der Waals surface area (Å²) < 4.78 is 0. The maximum absolute atomic E-state index is 12.3. The monoisotopic (exact) mass is 260 g/mol. The van der Waals surface area contributed by atoms with Gasteiger partial charge in [-0.2, -0.15) is 0 Å². The summed E-state index contributed by atoms with van der Waals surface area (Å²) in [5.41, 5.74) is 7.76. The van der Waals surface area contributed by atoms with Crippen LogP contribution in [0.4, 0.5) is 5.69 Å². The first kappa shape index (κ1) is 11.9. The van der Waals surface area contributed by atoms with Gasteiger partial charge in [0, 0.05) is 23.4 Å². The van der Waals surface area contributed by atoms with Gasteiger partial charge >= 0.3 is 11.8 Å². The molecule has 4 N–H and O–H groups in total. The summed E-state index contributed by atoms with van der Waals surface area (Å²) >= 11 is 0. The number of carbonyl (C=O) groups is 3. The van der Waals surface area contributed by atoms with Crippen LogP contribution in [0, 0.1) is 0 Å². The van der Waals surface area contributed by atoms with E-state index in [9.17, 15) is 14.4 Å². The van der Waals surface area contributed by atoms with Crippen LogP contribution in [-0.2, 0) is 16.1 Å². The zero-order valence-corrected chi connectivity index (χ0v) is 10.3. The molecule has 1 aromatic rings. The number of primary amides is 2. The minimum absolute atomic E-state index is 0.162. The first-order chi connectivity index (χ1) is 9.08. The van der Waals surface area contributed by atoms with Gasteiger partial charge in [-0.25, -0.2) is 14.9 Å². The second-order valence-corrected chi connectivity index (χ2v) is 4.87. The third-order valence-electron chi connectivity index (χ3n) is 3.70. The van der Waals surface area contributed by atoms with E-state index in [4.69, 9.17) is 5.73 Å². The van der Waals surface area contributed by atoms with Gasteiger partial charge in [-0.1, -0.05) is 6.07 Å². The second kappa shape index (κ2) is 4.17. The van der Waals surface area contributed by atoms with Crippen molar-refractivity contribution >= 4 is 23.4 Å². The molecule has 2 heterocycles. The molecule has 3 rings (SSSR count). The smallest absolute Gasteiger partial charge is 0.340 e. The zero-order chi connectivity index (χ0) is 13.6. The van der Waals surface area contributed by atoms with Crippen LogP contribution in [0.2, 0.25) is 0 Å². The molecule has 6 nitrogen and oxygen atoms in total. The number of hydrogen-bond donors (Lipinski definition) is 2. The molecule has 2 aliphatic heterocycles. The molecule has 2 aliphatic rings. The Balaban J connectivity index is 1.90. The topological polar surface area (TPSA) is 97.1 Å². The molecule has 0 spiro atoms. The number of quaternary nitrogens is 1. The van der Waals surface area contributed by atoms with Crippen molar-refractivity contribution in [3.05, 3.63) is 29.3 Å². The van der Waals surface area contributed by atoms with Crippen LogP contribution in [0.5, 0.6) is 0 Å². The summed E-state index contributed by atoms with van der Waals surface area (Å²) in [5, 5.41) is 1.10. The number of nitrogens with zero attached hydrogens (tertiary/aromatic N) is 1. The van der Waals surface area contributed by atoms with Crippen molar-refractivity contribution in [3.8, 4) is 0 Å². The second-order valence-electron chi connectivity index (χ2n) is 4.87. The predicted octanol–water partition coefficient (Wildman–Crippen LogP) is -0.996. The third kappa shape index (κ3) is 1.80. The van der Waals surface area contributed by atoms with Crippen molar-refractivity contribution in [2.45, 2.75) is 25.4 Å². The lowest BCUT2D eigenvalue weighted by atomic mass is 10.0. The van der Waals surface area contributed by atoms with Gasteiger partial charge in [0.15, 0.2) is 0 Å². The number of hydrogen-bond acceptors (Lipinski definition) is 4. The van der Waals surface area contributed by atoms with E-state index in [0.29, 0.717) is 30.6 Å². The zero-order valence-electron chi connectivity index (χ0n) is 10.3. The molecular formula is C13H14N3O3+. The number of carbonyl (C=O) groups excluding carboxylic acids is 3. The number of rotatable bonds is 1. The van der Waals surface area contributed by atoms with Crippen LogP contribution in [0.1, 0.15) is 28.8 Å². The molecule has 1 aromatic carbocycles. The van der Waals surface area contributed by atoms with E-state index in [0.717, 1.165) is 10.9 Å². The maximum atomic E-state index is 12.3. The summed E-state index contributed by atoms with van der Waals surface area (Å²) in [6, 6.07) is 4.66. The van der Waals surface area contributed by atoms with Crippen molar-refractivity contribution in [3.63, 3.8) is 0 Å². The first-order valence-corrected chi connectivity index (χ1v) is 6.17. The fourth-order valence-corrected chi connectivity index (χ4v) is 2.69. The Morgan fingerprint density at radius 2 is 2.05 bits per heavy atom. The molecule has 0 bridgehead atoms. The SMILES string of the molecule is Nc1cccc2c1CN(C1CCC(=O)[NH2+]C1=O)C2=O. The summed E-state index contributed by atoms with van der Waals surface area (Å²) in [5.74, 6) is -0.621. The summed E-state index contributed by atoms with van der Waals surface area (Å²) in [6.45, 7) is 0.347. The number of fused-ring (bicyclic) bond motifs is 1. The van der Waals surface area contributed by atoms with E-state index in [1.807, 2.05) is 0 Å². The lowest BCUT2D eigenvalue weighted by molar-refractivity contribution is -0.495. The Labute approximate surface area is 109 Å². The third-order valence-corrected chi connectivity index (χ3v) is 3.70. The number of benzene rings is 1. The molecule has 98 valence electrons. The first-order valence-electron chi connectivity index (χ1n) is 6.17.